The fraction of sp³-hybridized carbons (Fsp3) is 0.500. The van der Waals surface area contributed by atoms with E-state index in [1.165, 1.54) is 18.2 Å². The summed E-state index contributed by atoms with van der Waals surface area (Å²) in [5, 5.41) is 5.94. The predicted molar refractivity (Wildman–Crippen MR) is 93.1 cm³/mol. The van der Waals surface area contributed by atoms with E-state index >= 15 is 0 Å². The van der Waals surface area contributed by atoms with Gasteiger partial charge in [-0.15, -0.1) is 24.0 Å². The molecule has 0 heterocycles. The molecule has 0 amide bonds. The van der Waals surface area contributed by atoms with E-state index in [1.807, 2.05) is 6.92 Å². The van der Waals surface area contributed by atoms with Crippen molar-refractivity contribution in [3.05, 3.63) is 29.6 Å². The first-order valence-electron chi connectivity index (χ1n) is 6.81. The van der Waals surface area contributed by atoms with Gasteiger partial charge in [-0.3, -0.25) is 0 Å². The number of halogens is 4. The van der Waals surface area contributed by atoms with Crippen molar-refractivity contribution in [1.82, 2.24) is 10.6 Å². The monoisotopic (exact) mass is 447 g/mol. The van der Waals surface area contributed by atoms with Gasteiger partial charge in [0.1, 0.15) is 11.6 Å². The summed E-state index contributed by atoms with van der Waals surface area (Å²) in [4.78, 5) is 4.16. The van der Waals surface area contributed by atoms with Crippen molar-refractivity contribution < 1.29 is 22.6 Å². The number of nitrogens with zero attached hydrogens (tertiary/aromatic N) is 1. The van der Waals surface area contributed by atoms with Gasteiger partial charge in [-0.05, 0) is 19.1 Å². The normalized spacial score (nSPS) is 11.1. The van der Waals surface area contributed by atoms with E-state index in [4.69, 9.17) is 4.74 Å². The van der Waals surface area contributed by atoms with Crippen LogP contribution in [-0.4, -0.2) is 39.4 Å². The molecule has 0 atom stereocenters. The van der Waals surface area contributed by atoms with Crippen molar-refractivity contribution >= 4 is 29.9 Å². The summed E-state index contributed by atoms with van der Waals surface area (Å²) in [7, 11) is 1.57. The molecule has 0 spiro atoms. The minimum Gasteiger partial charge on any atom is -0.434 e. The molecule has 0 saturated carbocycles. The summed E-state index contributed by atoms with van der Waals surface area (Å²) in [6.45, 7) is 0.330. The quantitative estimate of drug-likeness (QED) is 0.279. The SMILES string of the molecule is CCNC(=NCc1c(F)cccc1OC(F)F)NCCOC.I. The third kappa shape index (κ3) is 8.26. The average Bonchev–Trinajstić information content (AvgIpc) is 2.46. The lowest BCUT2D eigenvalue weighted by Gasteiger charge is -2.13. The number of methoxy groups -OCH3 is 1. The van der Waals surface area contributed by atoms with Crippen LogP contribution < -0.4 is 15.4 Å². The maximum Gasteiger partial charge on any atom is 0.387 e. The molecule has 132 valence electrons. The van der Waals surface area contributed by atoms with Crippen LogP contribution in [0.15, 0.2) is 23.2 Å². The molecule has 5 nitrogen and oxygen atoms in total. The number of ether oxygens (including phenoxy) is 2. The highest BCUT2D eigenvalue weighted by molar-refractivity contribution is 14.0. The Labute approximate surface area is 150 Å². The lowest BCUT2D eigenvalue weighted by atomic mass is 10.2. The van der Waals surface area contributed by atoms with Gasteiger partial charge in [-0.2, -0.15) is 8.78 Å². The van der Waals surface area contributed by atoms with Gasteiger partial charge in [0.15, 0.2) is 5.96 Å². The molecule has 0 unspecified atom stereocenters. The van der Waals surface area contributed by atoms with E-state index in [0.717, 1.165) is 0 Å². The first-order chi connectivity index (χ1) is 10.6. The Morgan fingerprint density at radius 1 is 1.30 bits per heavy atom. The van der Waals surface area contributed by atoms with Gasteiger partial charge in [0.05, 0.1) is 18.7 Å². The van der Waals surface area contributed by atoms with Crippen LogP contribution in [0.3, 0.4) is 0 Å². The topological polar surface area (TPSA) is 54.9 Å². The average molecular weight is 447 g/mol. The van der Waals surface area contributed by atoms with Crippen molar-refractivity contribution in [2.45, 2.75) is 20.1 Å². The molecule has 0 bridgehead atoms. The van der Waals surface area contributed by atoms with Crippen LogP contribution in [0.25, 0.3) is 0 Å². The Morgan fingerprint density at radius 2 is 2.04 bits per heavy atom. The summed E-state index contributed by atoms with van der Waals surface area (Å²) in [6, 6.07) is 3.77. The van der Waals surface area contributed by atoms with Gasteiger partial charge in [-0.25, -0.2) is 9.38 Å². The Morgan fingerprint density at radius 3 is 2.65 bits per heavy atom. The highest BCUT2D eigenvalue weighted by Gasteiger charge is 2.13. The second-order valence-corrected chi connectivity index (χ2v) is 4.21. The molecule has 9 heteroatoms. The molecule has 0 aliphatic rings. The van der Waals surface area contributed by atoms with Crippen LogP contribution in [0.4, 0.5) is 13.2 Å². The first kappa shape index (κ1) is 21.8. The molecule has 1 rings (SSSR count). The minimum atomic E-state index is -3.02. The molecule has 0 aliphatic carbocycles. The fourth-order valence-corrected chi connectivity index (χ4v) is 1.67. The van der Waals surface area contributed by atoms with E-state index in [2.05, 4.69) is 20.4 Å². The van der Waals surface area contributed by atoms with Gasteiger partial charge < -0.3 is 20.1 Å². The zero-order valence-electron chi connectivity index (χ0n) is 12.9. The van der Waals surface area contributed by atoms with Crippen LogP contribution in [0.5, 0.6) is 5.75 Å². The van der Waals surface area contributed by atoms with Gasteiger partial charge in [0, 0.05) is 20.2 Å². The summed E-state index contributed by atoms with van der Waals surface area (Å²) in [5.41, 5.74) is -0.0215. The second kappa shape index (κ2) is 12.2. The van der Waals surface area contributed by atoms with Crippen molar-refractivity contribution in [2.75, 3.05) is 26.8 Å². The van der Waals surface area contributed by atoms with Gasteiger partial charge in [0.25, 0.3) is 0 Å². The predicted octanol–water partition coefficient (Wildman–Crippen LogP) is 2.75. The Hall–Kier alpha value is -1.23. The molecule has 1 aromatic carbocycles. The van der Waals surface area contributed by atoms with E-state index < -0.39 is 12.4 Å². The summed E-state index contributed by atoms with van der Waals surface area (Å²) >= 11 is 0. The molecular formula is C14H21F3IN3O2. The molecule has 23 heavy (non-hydrogen) atoms. The summed E-state index contributed by atoms with van der Waals surface area (Å²) in [6.07, 6.45) is 0. The Balaban J connectivity index is 0.00000484. The molecule has 1 aromatic rings. The fourth-order valence-electron chi connectivity index (χ4n) is 1.67. The maximum atomic E-state index is 13.8. The molecule has 0 aliphatic heterocycles. The van der Waals surface area contributed by atoms with Crippen molar-refractivity contribution in [3.63, 3.8) is 0 Å². The van der Waals surface area contributed by atoms with Crippen molar-refractivity contribution in [3.8, 4) is 5.75 Å². The van der Waals surface area contributed by atoms with Crippen LogP contribution in [0.1, 0.15) is 12.5 Å². The Kier molecular flexibility index (Phi) is 11.6. The van der Waals surface area contributed by atoms with Crippen LogP contribution in [0.2, 0.25) is 0 Å². The molecule has 0 saturated heterocycles. The maximum absolute atomic E-state index is 13.8. The zero-order valence-corrected chi connectivity index (χ0v) is 15.3. The van der Waals surface area contributed by atoms with E-state index in [1.54, 1.807) is 7.11 Å². The lowest BCUT2D eigenvalue weighted by Crippen LogP contribution is -2.38. The van der Waals surface area contributed by atoms with Gasteiger partial charge >= 0.3 is 6.61 Å². The van der Waals surface area contributed by atoms with E-state index in [-0.39, 0.29) is 41.8 Å². The summed E-state index contributed by atoms with van der Waals surface area (Å²) in [5.74, 6) is -0.424. The molecule has 0 aromatic heterocycles. The van der Waals surface area contributed by atoms with Gasteiger partial charge in [-0.1, -0.05) is 6.07 Å². The number of guanidine groups is 1. The Bertz CT molecular complexity index is 490. The minimum absolute atomic E-state index is 0. The number of hydrogen-bond donors (Lipinski definition) is 2. The summed E-state index contributed by atoms with van der Waals surface area (Å²) < 4.78 is 47.7. The molecule has 2 N–H and O–H groups in total. The van der Waals surface area contributed by atoms with Crippen molar-refractivity contribution in [2.24, 2.45) is 4.99 Å². The largest absolute Gasteiger partial charge is 0.434 e. The van der Waals surface area contributed by atoms with Crippen LogP contribution in [-0.2, 0) is 11.3 Å². The molecule has 0 fully saturated rings. The number of benzene rings is 1. The van der Waals surface area contributed by atoms with Crippen LogP contribution in [0, 0.1) is 5.82 Å². The number of hydrogen-bond acceptors (Lipinski definition) is 3. The third-order valence-corrected chi connectivity index (χ3v) is 2.63. The third-order valence-electron chi connectivity index (χ3n) is 2.63. The standard InChI is InChI=1S/C14H20F3N3O2.HI/c1-3-18-14(19-7-8-21-2)20-9-10-11(15)5-4-6-12(10)22-13(16)17;/h4-6,13H,3,7-9H2,1-2H3,(H2,18,19,20);1H. The number of aliphatic imine (C=N–C) groups is 1. The highest BCUT2D eigenvalue weighted by Crippen LogP contribution is 2.24. The number of nitrogens with one attached hydrogen (secondary N) is 2. The second-order valence-electron chi connectivity index (χ2n) is 4.21. The van der Waals surface area contributed by atoms with E-state index in [0.29, 0.717) is 25.7 Å². The molecular weight excluding hydrogens is 426 g/mol. The van der Waals surface area contributed by atoms with E-state index in [9.17, 15) is 13.2 Å². The smallest absolute Gasteiger partial charge is 0.387 e. The lowest BCUT2D eigenvalue weighted by molar-refractivity contribution is -0.0506. The van der Waals surface area contributed by atoms with Crippen LogP contribution >= 0.6 is 24.0 Å². The number of rotatable bonds is 8. The van der Waals surface area contributed by atoms with Crippen molar-refractivity contribution in [1.29, 1.82) is 0 Å². The molecule has 0 radical (unpaired) electrons. The highest BCUT2D eigenvalue weighted by atomic mass is 127. The number of alkyl halides is 2. The first-order valence-corrected chi connectivity index (χ1v) is 6.81. The van der Waals surface area contributed by atoms with Gasteiger partial charge in [0.2, 0.25) is 0 Å². The zero-order chi connectivity index (χ0) is 16.4.